The Hall–Kier alpha value is -0.450. The Bertz CT molecular complexity index is 324. The quantitative estimate of drug-likeness (QED) is 0.877. The highest BCUT2D eigenvalue weighted by atomic mass is 32.1. The second-order valence-corrected chi connectivity index (χ2v) is 5.92. The van der Waals surface area contributed by atoms with E-state index in [1.807, 2.05) is 5.51 Å². The number of nitrogens with zero attached hydrogens (tertiary/aromatic N) is 2. The molecule has 2 rings (SSSR count). The van der Waals surface area contributed by atoms with Gasteiger partial charge in [0.15, 0.2) is 0 Å². The largest absolute Gasteiger partial charge is 0.396 e. The molecule has 0 spiro atoms. The first-order valence-electron chi connectivity index (χ1n) is 6.48. The zero-order valence-corrected chi connectivity index (χ0v) is 11.4. The van der Waals surface area contributed by atoms with Gasteiger partial charge in [-0.2, -0.15) is 0 Å². The monoisotopic (exact) mass is 254 g/mol. The summed E-state index contributed by atoms with van der Waals surface area (Å²) in [6, 6.07) is 0. The minimum Gasteiger partial charge on any atom is -0.396 e. The molecule has 0 amide bonds. The number of rotatable bonds is 5. The third-order valence-electron chi connectivity index (χ3n) is 3.73. The lowest BCUT2D eigenvalue weighted by molar-refractivity contribution is 0.0212. The molecule has 0 radical (unpaired) electrons. The van der Waals surface area contributed by atoms with Crippen LogP contribution in [0, 0.1) is 5.41 Å². The summed E-state index contributed by atoms with van der Waals surface area (Å²) in [6.07, 6.45) is 4.66. The van der Waals surface area contributed by atoms with E-state index < -0.39 is 0 Å². The van der Waals surface area contributed by atoms with Gasteiger partial charge >= 0.3 is 0 Å². The number of aliphatic hydroxyl groups excluding tert-OH is 1. The van der Waals surface area contributed by atoms with E-state index in [1.165, 1.54) is 18.5 Å². The van der Waals surface area contributed by atoms with Crippen LogP contribution < -0.4 is 0 Å². The zero-order valence-electron chi connectivity index (χ0n) is 10.6. The predicted molar refractivity (Wildman–Crippen MR) is 71.1 cm³/mol. The summed E-state index contributed by atoms with van der Waals surface area (Å²) in [5.41, 5.74) is 3.20. The minimum absolute atomic E-state index is 0.142. The Balaban J connectivity index is 1.96. The summed E-state index contributed by atoms with van der Waals surface area (Å²) in [7, 11) is 0. The first-order chi connectivity index (χ1) is 8.28. The second kappa shape index (κ2) is 5.94. The van der Waals surface area contributed by atoms with E-state index >= 15 is 0 Å². The molecule has 1 saturated heterocycles. The lowest BCUT2D eigenvalue weighted by Gasteiger charge is -2.41. The molecule has 0 saturated carbocycles. The van der Waals surface area contributed by atoms with Gasteiger partial charge in [-0.15, -0.1) is 11.3 Å². The maximum atomic E-state index is 9.68. The average Bonchev–Trinajstić information content (AvgIpc) is 2.83. The molecule has 0 bridgehead atoms. The van der Waals surface area contributed by atoms with Crippen LogP contribution in [0.15, 0.2) is 10.9 Å². The lowest BCUT2D eigenvalue weighted by Crippen LogP contribution is -2.44. The van der Waals surface area contributed by atoms with E-state index in [0.29, 0.717) is 6.61 Å². The van der Waals surface area contributed by atoms with Crippen molar-refractivity contribution in [3.63, 3.8) is 0 Å². The number of hydrogen-bond acceptors (Lipinski definition) is 4. The van der Waals surface area contributed by atoms with Crippen LogP contribution in [0.3, 0.4) is 0 Å². The molecule has 0 aromatic carbocycles. The molecule has 3 nitrogen and oxygen atoms in total. The number of likely N-dealkylation sites (tertiary alicyclic amines) is 1. The van der Waals surface area contributed by atoms with Gasteiger partial charge in [0.05, 0.1) is 11.2 Å². The molecule has 4 heteroatoms. The highest BCUT2D eigenvalue weighted by Crippen LogP contribution is 2.34. The fourth-order valence-corrected chi connectivity index (χ4v) is 3.48. The highest BCUT2D eigenvalue weighted by molar-refractivity contribution is 7.07. The van der Waals surface area contributed by atoms with Crippen LogP contribution in [0.4, 0.5) is 0 Å². The first-order valence-corrected chi connectivity index (χ1v) is 7.42. The topological polar surface area (TPSA) is 36.4 Å². The molecule has 1 aromatic heterocycles. The molecule has 1 aromatic rings. The van der Waals surface area contributed by atoms with Gasteiger partial charge < -0.3 is 5.11 Å². The van der Waals surface area contributed by atoms with E-state index in [-0.39, 0.29) is 5.41 Å². The number of hydrogen-bond donors (Lipinski definition) is 1. The Morgan fingerprint density at radius 3 is 3.12 bits per heavy atom. The average molecular weight is 254 g/mol. The molecule has 1 aliphatic heterocycles. The summed E-state index contributed by atoms with van der Waals surface area (Å²) in [6.45, 7) is 5.64. The molecule has 1 aliphatic rings. The van der Waals surface area contributed by atoms with Crippen LogP contribution in [-0.2, 0) is 6.54 Å². The third kappa shape index (κ3) is 3.27. The molecule has 1 N–H and O–H groups in total. The van der Waals surface area contributed by atoms with Crippen LogP contribution in [0.2, 0.25) is 0 Å². The van der Waals surface area contributed by atoms with Gasteiger partial charge in [0.2, 0.25) is 0 Å². The highest BCUT2D eigenvalue weighted by Gasteiger charge is 2.34. The molecule has 2 heterocycles. The zero-order chi connectivity index (χ0) is 12.1. The Morgan fingerprint density at radius 1 is 1.59 bits per heavy atom. The van der Waals surface area contributed by atoms with Crippen LogP contribution >= 0.6 is 11.3 Å². The van der Waals surface area contributed by atoms with Crippen molar-refractivity contribution in [1.29, 1.82) is 0 Å². The van der Waals surface area contributed by atoms with Gasteiger partial charge in [0.25, 0.3) is 0 Å². The Morgan fingerprint density at radius 2 is 2.47 bits per heavy atom. The summed E-state index contributed by atoms with van der Waals surface area (Å²) in [5.74, 6) is 0. The van der Waals surface area contributed by atoms with Crippen molar-refractivity contribution in [2.24, 2.45) is 5.41 Å². The SMILES string of the molecule is CCC[C@]1(CO)CCCN(Cc2cscn2)C1. The van der Waals surface area contributed by atoms with Crippen LogP contribution in [0.25, 0.3) is 0 Å². The van der Waals surface area contributed by atoms with Crippen molar-refractivity contribution in [1.82, 2.24) is 9.88 Å². The molecular formula is C13H22N2OS. The summed E-state index contributed by atoms with van der Waals surface area (Å²) in [5, 5.41) is 11.8. The van der Waals surface area contributed by atoms with Crippen LogP contribution in [0.5, 0.6) is 0 Å². The second-order valence-electron chi connectivity index (χ2n) is 5.20. The van der Waals surface area contributed by atoms with Crippen molar-refractivity contribution in [2.75, 3.05) is 19.7 Å². The van der Waals surface area contributed by atoms with Gasteiger partial charge in [-0.3, -0.25) is 4.90 Å². The fourth-order valence-electron chi connectivity index (χ4n) is 2.93. The van der Waals surface area contributed by atoms with Crippen molar-refractivity contribution in [3.8, 4) is 0 Å². The van der Waals surface area contributed by atoms with Gasteiger partial charge in [0.1, 0.15) is 0 Å². The molecule has 1 atom stereocenters. The third-order valence-corrected chi connectivity index (χ3v) is 4.36. The lowest BCUT2D eigenvalue weighted by atomic mass is 9.77. The van der Waals surface area contributed by atoms with Crippen molar-refractivity contribution in [3.05, 3.63) is 16.6 Å². The maximum absolute atomic E-state index is 9.68. The van der Waals surface area contributed by atoms with Gasteiger partial charge in [-0.1, -0.05) is 13.3 Å². The molecule has 96 valence electrons. The van der Waals surface area contributed by atoms with Gasteiger partial charge in [0, 0.05) is 30.5 Å². The standard InChI is InChI=1S/C13H22N2OS/c1-2-4-13(10-16)5-3-6-15(9-13)7-12-8-17-11-14-12/h8,11,16H,2-7,9-10H2,1H3/t13-/m0/s1. The number of thiazole rings is 1. The Labute approximate surface area is 107 Å². The van der Waals surface area contributed by atoms with Crippen LogP contribution in [-0.4, -0.2) is 34.7 Å². The summed E-state index contributed by atoms with van der Waals surface area (Å²) >= 11 is 1.66. The summed E-state index contributed by atoms with van der Waals surface area (Å²) in [4.78, 5) is 6.79. The van der Waals surface area contributed by atoms with E-state index in [9.17, 15) is 5.11 Å². The van der Waals surface area contributed by atoms with Gasteiger partial charge in [-0.05, 0) is 25.8 Å². The molecule has 0 unspecified atom stereocenters. The van der Waals surface area contributed by atoms with E-state index in [0.717, 1.165) is 32.5 Å². The van der Waals surface area contributed by atoms with Gasteiger partial charge in [-0.25, -0.2) is 4.98 Å². The van der Waals surface area contributed by atoms with Crippen LogP contribution in [0.1, 0.15) is 38.3 Å². The molecular weight excluding hydrogens is 232 g/mol. The van der Waals surface area contributed by atoms with Crippen molar-refractivity contribution < 1.29 is 5.11 Å². The maximum Gasteiger partial charge on any atom is 0.0795 e. The van der Waals surface area contributed by atoms with E-state index in [4.69, 9.17) is 0 Å². The van der Waals surface area contributed by atoms with Crippen molar-refractivity contribution in [2.45, 2.75) is 39.2 Å². The predicted octanol–water partition coefficient (Wildman–Crippen LogP) is 2.52. The summed E-state index contributed by atoms with van der Waals surface area (Å²) < 4.78 is 0. The van der Waals surface area contributed by atoms with E-state index in [2.05, 4.69) is 22.2 Å². The number of piperidine rings is 1. The Kier molecular flexibility index (Phi) is 4.54. The number of aromatic nitrogens is 1. The molecule has 0 aliphatic carbocycles. The molecule has 17 heavy (non-hydrogen) atoms. The fraction of sp³-hybridized carbons (Fsp3) is 0.769. The smallest absolute Gasteiger partial charge is 0.0795 e. The van der Waals surface area contributed by atoms with Crippen molar-refractivity contribution >= 4 is 11.3 Å². The number of aliphatic hydroxyl groups is 1. The first kappa shape index (κ1) is 13.0. The molecule has 1 fully saturated rings. The normalized spacial score (nSPS) is 26.2. The van der Waals surface area contributed by atoms with E-state index in [1.54, 1.807) is 11.3 Å². The minimum atomic E-state index is 0.142.